The van der Waals surface area contributed by atoms with Crippen molar-refractivity contribution in [3.05, 3.63) is 12.7 Å². The fourth-order valence-electron chi connectivity index (χ4n) is 3.55. The van der Waals surface area contributed by atoms with Crippen LogP contribution in [0.5, 0.6) is 0 Å². The van der Waals surface area contributed by atoms with Crippen molar-refractivity contribution in [2.24, 2.45) is 5.92 Å². The smallest absolute Gasteiger partial charge is 0.237 e. The summed E-state index contributed by atoms with van der Waals surface area (Å²) in [6, 6.07) is 2.38. The van der Waals surface area contributed by atoms with Crippen molar-refractivity contribution in [3.8, 4) is 6.07 Å². The molecule has 1 saturated carbocycles. The number of carbonyl (C=O) groups is 1. The summed E-state index contributed by atoms with van der Waals surface area (Å²) in [5.41, 5.74) is 0. The summed E-state index contributed by atoms with van der Waals surface area (Å²) in [5.74, 6) is 0.650. The van der Waals surface area contributed by atoms with Crippen LogP contribution in [0.4, 0.5) is 0 Å². The Morgan fingerprint density at radius 1 is 1.41 bits per heavy atom. The number of hydrogen-bond acceptors (Lipinski definition) is 5. The zero-order valence-corrected chi connectivity index (χ0v) is 12.7. The largest absolute Gasteiger partial charge is 0.326 e. The van der Waals surface area contributed by atoms with Gasteiger partial charge in [0, 0.05) is 19.1 Å². The summed E-state index contributed by atoms with van der Waals surface area (Å²) < 4.78 is 1.87. The Morgan fingerprint density at radius 2 is 2.32 bits per heavy atom. The van der Waals surface area contributed by atoms with Gasteiger partial charge in [-0.05, 0) is 38.0 Å². The molecule has 1 aromatic rings. The van der Waals surface area contributed by atoms with E-state index in [-0.39, 0.29) is 11.9 Å². The summed E-state index contributed by atoms with van der Waals surface area (Å²) in [6.07, 6.45) is 8.36. The summed E-state index contributed by atoms with van der Waals surface area (Å²) in [7, 11) is 0. The van der Waals surface area contributed by atoms with Crippen LogP contribution in [0.1, 0.15) is 32.1 Å². The van der Waals surface area contributed by atoms with Gasteiger partial charge < -0.3 is 10.2 Å². The van der Waals surface area contributed by atoms with E-state index in [9.17, 15) is 4.79 Å². The molecule has 0 radical (unpaired) electrons. The van der Waals surface area contributed by atoms with E-state index < -0.39 is 0 Å². The van der Waals surface area contributed by atoms with Crippen LogP contribution in [0.25, 0.3) is 0 Å². The van der Waals surface area contributed by atoms with E-state index in [1.165, 1.54) is 0 Å². The van der Waals surface area contributed by atoms with Gasteiger partial charge in [-0.15, -0.1) is 0 Å². The van der Waals surface area contributed by atoms with Crippen molar-refractivity contribution in [2.75, 3.05) is 13.1 Å². The molecule has 1 aromatic heterocycles. The lowest BCUT2D eigenvalue weighted by Gasteiger charge is -2.21. The molecular formula is C15H22N6O. The van der Waals surface area contributed by atoms with E-state index >= 15 is 0 Å². The highest BCUT2D eigenvalue weighted by Gasteiger charge is 2.30. The molecule has 1 saturated heterocycles. The molecule has 2 fully saturated rings. The third kappa shape index (κ3) is 3.45. The van der Waals surface area contributed by atoms with Gasteiger partial charge in [0.1, 0.15) is 18.7 Å². The highest BCUT2D eigenvalue weighted by Crippen LogP contribution is 2.26. The molecule has 2 aliphatic rings. The lowest BCUT2D eigenvalue weighted by atomic mass is 10.1. The topological polar surface area (TPSA) is 86.8 Å². The first kappa shape index (κ1) is 15.0. The molecule has 0 bridgehead atoms. The number of carbonyl (C=O) groups excluding carboxylic acids is 1. The molecule has 0 aromatic carbocycles. The van der Waals surface area contributed by atoms with E-state index in [0.29, 0.717) is 18.5 Å². The molecule has 0 spiro atoms. The zero-order valence-electron chi connectivity index (χ0n) is 12.7. The number of nitrogens with one attached hydrogen (secondary N) is 1. The van der Waals surface area contributed by atoms with Crippen molar-refractivity contribution in [1.29, 1.82) is 5.26 Å². The lowest BCUT2D eigenvalue weighted by Crippen LogP contribution is -2.42. The van der Waals surface area contributed by atoms with Gasteiger partial charge in [-0.25, -0.2) is 4.98 Å². The fourth-order valence-corrected chi connectivity index (χ4v) is 3.55. The maximum atomic E-state index is 12.2. The van der Waals surface area contributed by atoms with E-state index in [1.807, 2.05) is 4.68 Å². The molecule has 22 heavy (non-hydrogen) atoms. The van der Waals surface area contributed by atoms with Crippen LogP contribution in [0.2, 0.25) is 0 Å². The zero-order chi connectivity index (χ0) is 15.4. The van der Waals surface area contributed by atoms with Gasteiger partial charge in [0.05, 0.1) is 12.6 Å². The van der Waals surface area contributed by atoms with Gasteiger partial charge in [-0.2, -0.15) is 10.4 Å². The predicted molar refractivity (Wildman–Crippen MR) is 79.5 cm³/mol. The minimum absolute atomic E-state index is 0.0591. The minimum atomic E-state index is -0.224. The molecule has 3 atom stereocenters. The minimum Gasteiger partial charge on any atom is -0.326 e. The number of rotatable bonds is 5. The first-order valence-corrected chi connectivity index (χ1v) is 8.01. The monoisotopic (exact) mass is 302 g/mol. The number of nitriles is 1. The van der Waals surface area contributed by atoms with Crippen LogP contribution >= 0.6 is 0 Å². The number of aromatic nitrogens is 3. The Balaban J connectivity index is 1.41. The Labute approximate surface area is 130 Å². The Kier molecular flexibility index (Phi) is 4.68. The first-order valence-electron chi connectivity index (χ1n) is 8.01. The number of nitrogens with zero attached hydrogens (tertiary/aromatic N) is 5. The normalized spacial score (nSPS) is 28.0. The number of amides is 1. The van der Waals surface area contributed by atoms with Gasteiger partial charge in [0.25, 0.3) is 0 Å². The van der Waals surface area contributed by atoms with Gasteiger partial charge in [-0.3, -0.25) is 9.48 Å². The molecule has 2 heterocycles. The molecule has 1 aliphatic heterocycles. The highest BCUT2D eigenvalue weighted by atomic mass is 16.2. The fraction of sp³-hybridized carbons (Fsp3) is 0.733. The van der Waals surface area contributed by atoms with Gasteiger partial charge in [0.2, 0.25) is 5.91 Å². The molecule has 7 nitrogen and oxygen atoms in total. The van der Waals surface area contributed by atoms with Gasteiger partial charge in [-0.1, -0.05) is 0 Å². The summed E-state index contributed by atoms with van der Waals surface area (Å²) in [6.45, 7) is 1.96. The van der Waals surface area contributed by atoms with E-state index in [1.54, 1.807) is 17.6 Å². The quantitative estimate of drug-likeness (QED) is 0.858. The maximum Gasteiger partial charge on any atom is 0.237 e. The maximum absolute atomic E-state index is 12.2. The van der Waals surface area contributed by atoms with E-state index in [2.05, 4.69) is 21.5 Å². The second-order valence-corrected chi connectivity index (χ2v) is 6.25. The second-order valence-electron chi connectivity index (χ2n) is 6.25. The SMILES string of the molecule is N#C[C@@H]1CCCN1C(=O)CN[C@H]1CC[C@@H](Cn2cncn2)C1. The van der Waals surface area contributed by atoms with E-state index in [4.69, 9.17) is 5.26 Å². The Hall–Kier alpha value is -1.94. The molecule has 118 valence electrons. The van der Waals surface area contributed by atoms with Crippen LogP contribution in [-0.2, 0) is 11.3 Å². The predicted octanol–water partition coefficient (Wildman–Crippen LogP) is 0.551. The number of likely N-dealkylation sites (tertiary alicyclic amines) is 1. The number of hydrogen-bond donors (Lipinski definition) is 1. The van der Waals surface area contributed by atoms with Crippen LogP contribution in [0, 0.1) is 17.2 Å². The Morgan fingerprint density at radius 3 is 3.09 bits per heavy atom. The molecule has 7 heteroatoms. The van der Waals surface area contributed by atoms with Crippen LogP contribution < -0.4 is 5.32 Å². The van der Waals surface area contributed by atoms with Crippen LogP contribution in [0.15, 0.2) is 12.7 Å². The third-order valence-electron chi connectivity index (χ3n) is 4.72. The average molecular weight is 302 g/mol. The third-order valence-corrected chi connectivity index (χ3v) is 4.72. The van der Waals surface area contributed by atoms with Crippen molar-refractivity contribution in [3.63, 3.8) is 0 Å². The molecule has 1 N–H and O–H groups in total. The van der Waals surface area contributed by atoms with Crippen molar-refractivity contribution >= 4 is 5.91 Å². The molecule has 0 unspecified atom stereocenters. The first-order chi connectivity index (χ1) is 10.8. The van der Waals surface area contributed by atoms with Crippen LogP contribution in [-0.4, -0.2) is 50.7 Å². The summed E-state index contributed by atoms with van der Waals surface area (Å²) in [4.78, 5) is 17.9. The Bertz CT molecular complexity index is 537. The second kappa shape index (κ2) is 6.88. The van der Waals surface area contributed by atoms with Crippen molar-refractivity contribution in [1.82, 2.24) is 25.0 Å². The summed E-state index contributed by atoms with van der Waals surface area (Å²) >= 11 is 0. The highest BCUT2D eigenvalue weighted by molar-refractivity contribution is 5.79. The standard InChI is InChI=1S/C15H22N6O/c16-7-14-2-1-5-21(14)15(22)8-18-13-4-3-12(6-13)9-20-11-17-10-19-20/h10-14,18H,1-6,8-9H2/t12-,13+,14+/m1/s1. The van der Waals surface area contributed by atoms with E-state index in [0.717, 1.165) is 45.2 Å². The average Bonchev–Trinajstić information content (AvgIpc) is 3.26. The molecular weight excluding hydrogens is 280 g/mol. The van der Waals surface area contributed by atoms with Gasteiger partial charge >= 0.3 is 0 Å². The lowest BCUT2D eigenvalue weighted by molar-refractivity contribution is -0.130. The van der Waals surface area contributed by atoms with Crippen LogP contribution in [0.3, 0.4) is 0 Å². The van der Waals surface area contributed by atoms with Gasteiger partial charge in [0.15, 0.2) is 0 Å². The van der Waals surface area contributed by atoms with Crippen molar-refractivity contribution in [2.45, 2.75) is 50.7 Å². The molecule has 1 amide bonds. The summed E-state index contributed by atoms with van der Waals surface area (Å²) in [5, 5.41) is 16.6. The molecule has 3 rings (SSSR count). The van der Waals surface area contributed by atoms with Crippen molar-refractivity contribution < 1.29 is 4.79 Å². The molecule has 1 aliphatic carbocycles.